The molecule has 1 saturated heterocycles. The van der Waals surface area contributed by atoms with E-state index in [-0.39, 0.29) is 46.9 Å². The van der Waals surface area contributed by atoms with Gasteiger partial charge < -0.3 is 24.8 Å². The molecule has 0 radical (unpaired) electrons. The predicted octanol–water partition coefficient (Wildman–Crippen LogP) is 5.59. The Balaban J connectivity index is 1.41. The van der Waals surface area contributed by atoms with E-state index in [1.54, 1.807) is 11.0 Å². The number of hydrogen-bond acceptors (Lipinski definition) is 7. The standard InChI is InChI=1S/C29H35F5N6O/c1-17(2)40-11-12-41-27-22(30)13-18(14-25(27)40)26-23(31)16-35-28(37-26)36-19-5-6-24(21(15-19)29(32,33)34)39-9-7-20(8-10-39)38(3)4/h5-6,13-15,17,20,23H,7-12,16H2,1-4H3,(H,35,36). The quantitative estimate of drug-likeness (QED) is 0.469. The molecular weight excluding hydrogens is 543 g/mol. The molecule has 1 atom stereocenters. The predicted molar refractivity (Wildman–Crippen MR) is 152 cm³/mol. The van der Waals surface area contributed by atoms with E-state index in [9.17, 15) is 13.2 Å². The molecule has 222 valence electrons. The van der Waals surface area contributed by atoms with Gasteiger partial charge >= 0.3 is 6.18 Å². The van der Waals surface area contributed by atoms with Crippen LogP contribution < -0.4 is 19.9 Å². The molecule has 2 aromatic carbocycles. The largest absolute Gasteiger partial charge is 0.486 e. The number of alkyl halides is 4. The van der Waals surface area contributed by atoms with E-state index in [4.69, 9.17) is 4.74 Å². The van der Waals surface area contributed by atoms with E-state index < -0.39 is 23.7 Å². The second-order valence-corrected chi connectivity index (χ2v) is 11.1. The van der Waals surface area contributed by atoms with Gasteiger partial charge in [0.25, 0.3) is 0 Å². The van der Waals surface area contributed by atoms with Gasteiger partial charge in [-0.15, -0.1) is 0 Å². The molecule has 3 heterocycles. The van der Waals surface area contributed by atoms with Crippen molar-refractivity contribution in [2.75, 3.05) is 62.0 Å². The molecule has 1 N–H and O–H groups in total. The zero-order valence-corrected chi connectivity index (χ0v) is 23.6. The summed E-state index contributed by atoms with van der Waals surface area (Å²) in [6.45, 7) is 5.57. The molecule has 12 heteroatoms. The Labute approximate surface area is 236 Å². The number of rotatable bonds is 5. The minimum absolute atomic E-state index is 0.0448. The lowest BCUT2D eigenvalue weighted by molar-refractivity contribution is -0.137. The Hall–Kier alpha value is -3.41. The first-order valence-corrected chi connectivity index (χ1v) is 13.8. The highest BCUT2D eigenvalue weighted by atomic mass is 19.4. The first-order valence-electron chi connectivity index (χ1n) is 13.8. The van der Waals surface area contributed by atoms with Crippen LogP contribution >= 0.6 is 0 Å². The highest BCUT2D eigenvalue weighted by Crippen LogP contribution is 2.40. The lowest BCUT2D eigenvalue weighted by atomic mass is 10.0. The number of benzene rings is 2. The van der Waals surface area contributed by atoms with Crippen molar-refractivity contribution >= 4 is 28.7 Å². The third-order valence-electron chi connectivity index (χ3n) is 7.85. The van der Waals surface area contributed by atoms with Gasteiger partial charge in [-0.2, -0.15) is 13.2 Å². The Bertz CT molecular complexity index is 1330. The Morgan fingerprint density at radius 1 is 1.05 bits per heavy atom. The molecule has 0 spiro atoms. The highest BCUT2D eigenvalue weighted by Gasteiger charge is 2.36. The molecule has 3 aliphatic rings. The highest BCUT2D eigenvalue weighted by molar-refractivity contribution is 6.14. The lowest BCUT2D eigenvalue weighted by Gasteiger charge is -2.37. The Morgan fingerprint density at radius 3 is 2.44 bits per heavy atom. The number of hydrogen-bond donors (Lipinski definition) is 1. The number of fused-ring (bicyclic) bond motifs is 1. The maximum Gasteiger partial charge on any atom is 0.418 e. The van der Waals surface area contributed by atoms with Crippen LogP contribution in [0, 0.1) is 5.82 Å². The van der Waals surface area contributed by atoms with Crippen LogP contribution in [0.5, 0.6) is 5.75 Å². The van der Waals surface area contributed by atoms with Crippen molar-refractivity contribution in [3.63, 3.8) is 0 Å². The number of halogens is 5. The summed E-state index contributed by atoms with van der Waals surface area (Å²) in [5.41, 5.74) is 0.176. The summed E-state index contributed by atoms with van der Waals surface area (Å²) in [7, 11) is 3.96. The molecule has 0 aliphatic carbocycles. The number of nitrogens with one attached hydrogen (secondary N) is 1. The van der Waals surface area contributed by atoms with Gasteiger partial charge in [-0.1, -0.05) is 0 Å². The lowest BCUT2D eigenvalue weighted by Crippen LogP contribution is -2.42. The minimum Gasteiger partial charge on any atom is -0.486 e. The van der Waals surface area contributed by atoms with Crippen LogP contribution in [0.4, 0.5) is 39.0 Å². The van der Waals surface area contributed by atoms with E-state index in [1.165, 1.54) is 18.2 Å². The molecule has 1 unspecified atom stereocenters. The van der Waals surface area contributed by atoms with Gasteiger partial charge in [0.2, 0.25) is 5.96 Å². The van der Waals surface area contributed by atoms with Crippen molar-refractivity contribution in [3.8, 4) is 5.75 Å². The van der Waals surface area contributed by atoms with Gasteiger partial charge in [0.15, 0.2) is 17.7 Å². The number of aliphatic imine (C=N–C) groups is 2. The van der Waals surface area contributed by atoms with Crippen LogP contribution in [0.1, 0.15) is 37.8 Å². The van der Waals surface area contributed by atoms with Gasteiger partial charge in [0.05, 0.1) is 30.1 Å². The molecule has 1 fully saturated rings. The molecule has 5 rings (SSSR count). The maximum absolute atomic E-state index is 15.0. The van der Waals surface area contributed by atoms with E-state index in [0.29, 0.717) is 38.0 Å². The summed E-state index contributed by atoms with van der Waals surface area (Å²) in [4.78, 5) is 14.2. The summed E-state index contributed by atoms with van der Waals surface area (Å²) in [5, 5.41) is 2.81. The normalized spacial score (nSPS) is 20.1. The van der Waals surface area contributed by atoms with Crippen LogP contribution in [-0.2, 0) is 6.18 Å². The number of ether oxygens (including phenoxy) is 1. The fourth-order valence-electron chi connectivity index (χ4n) is 5.64. The van der Waals surface area contributed by atoms with E-state index in [0.717, 1.165) is 18.9 Å². The van der Waals surface area contributed by atoms with Crippen molar-refractivity contribution in [1.29, 1.82) is 0 Å². The SMILES string of the molecule is CC(C)N1CCOc2c(F)cc(C3=NC(Nc4ccc(N5CCC(N(C)C)CC5)c(C(F)(F)F)c4)=NCC3F)cc21. The van der Waals surface area contributed by atoms with Gasteiger partial charge in [-0.3, -0.25) is 0 Å². The minimum atomic E-state index is -4.58. The van der Waals surface area contributed by atoms with Gasteiger partial charge in [-0.05, 0) is 71.1 Å². The van der Waals surface area contributed by atoms with Gasteiger partial charge in [0.1, 0.15) is 6.61 Å². The fourth-order valence-corrected chi connectivity index (χ4v) is 5.64. The third kappa shape index (κ3) is 6.12. The number of nitrogens with zero attached hydrogens (tertiary/aromatic N) is 5. The van der Waals surface area contributed by atoms with Crippen LogP contribution in [0.15, 0.2) is 40.3 Å². The molecule has 7 nitrogen and oxygen atoms in total. The van der Waals surface area contributed by atoms with Crippen molar-refractivity contribution in [3.05, 3.63) is 47.3 Å². The van der Waals surface area contributed by atoms with Gasteiger partial charge in [0, 0.05) is 42.1 Å². The Morgan fingerprint density at radius 2 is 1.78 bits per heavy atom. The molecule has 0 aromatic heterocycles. The zero-order valence-electron chi connectivity index (χ0n) is 23.6. The summed E-state index contributed by atoms with van der Waals surface area (Å²) < 4.78 is 78.0. The monoisotopic (exact) mass is 578 g/mol. The number of piperidine rings is 1. The van der Waals surface area contributed by atoms with E-state index >= 15 is 8.78 Å². The van der Waals surface area contributed by atoms with Gasteiger partial charge in [-0.25, -0.2) is 18.8 Å². The average molecular weight is 579 g/mol. The molecule has 0 amide bonds. The van der Waals surface area contributed by atoms with Crippen LogP contribution in [-0.4, -0.2) is 81.7 Å². The van der Waals surface area contributed by atoms with Crippen LogP contribution in [0.2, 0.25) is 0 Å². The molecule has 41 heavy (non-hydrogen) atoms. The number of anilines is 3. The molecular formula is C29H35F5N6O. The summed E-state index contributed by atoms with van der Waals surface area (Å²) in [6, 6.07) is 7.23. The zero-order chi connectivity index (χ0) is 29.5. The smallest absolute Gasteiger partial charge is 0.418 e. The molecule has 2 aromatic rings. The summed E-state index contributed by atoms with van der Waals surface area (Å²) in [5.74, 6) is -0.565. The molecule has 3 aliphatic heterocycles. The average Bonchev–Trinajstić information content (AvgIpc) is 2.93. The molecule has 0 bridgehead atoms. The van der Waals surface area contributed by atoms with Crippen molar-refractivity contribution in [2.45, 2.75) is 51.1 Å². The summed E-state index contributed by atoms with van der Waals surface area (Å²) >= 11 is 0. The van der Waals surface area contributed by atoms with Crippen molar-refractivity contribution < 1.29 is 26.7 Å². The van der Waals surface area contributed by atoms with Crippen LogP contribution in [0.3, 0.4) is 0 Å². The fraction of sp³-hybridized carbons (Fsp3) is 0.517. The van der Waals surface area contributed by atoms with Crippen molar-refractivity contribution in [1.82, 2.24) is 4.90 Å². The maximum atomic E-state index is 15.0. The van der Waals surface area contributed by atoms with Crippen molar-refractivity contribution in [2.24, 2.45) is 9.98 Å². The second kappa shape index (κ2) is 11.5. The first-order chi connectivity index (χ1) is 19.4. The summed E-state index contributed by atoms with van der Waals surface area (Å²) in [6.07, 6.45) is -4.64. The topological polar surface area (TPSA) is 55.7 Å². The third-order valence-corrected chi connectivity index (χ3v) is 7.85. The number of guanidine groups is 1. The first kappa shape index (κ1) is 29.1. The van der Waals surface area contributed by atoms with E-state index in [1.807, 2.05) is 32.8 Å². The van der Waals surface area contributed by atoms with Crippen LogP contribution in [0.25, 0.3) is 0 Å². The molecule has 0 saturated carbocycles. The Kier molecular flexibility index (Phi) is 8.13. The second-order valence-electron chi connectivity index (χ2n) is 11.1. The van der Waals surface area contributed by atoms with E-state index in [2.05, 4.69) is 20.2 Å².